The van der Waals surface area contributed by atoms with Gasteiger partial charge in [-0.25, -0.2) is 4.79 Å². The number of hydrogen-bond acceptors (Lipinski definition) is 3. The van der Waals surface area contributed by atoms with Gasteiger partial charge in [0.1, 0.15) is 0 Å². The summed E-state index contributed by atoms with van der Waals surface area (Å²) < 4.78 is 1.91. The molecule has 6 heteroatoms. The van der Waals surface area contributed by atoms with Gasteiger partial charge in [0, 0.05) is 10.9 Å². The molecule has 1 aromatic heterocycles. The van der Waals surface area contributed by atoms with Crippen molar-refractivity contribution in [2.24, 2.45) is 0 Å². The van der Waals surface area contributed by atoms with Crippen molar-refractivity contribution in [1.29, 1.82) is 0 Å². The third-order valence-corrected chi connectivity index (χ3v) is 7.55. The number of carbonyl (C=O) groups is 2. The predicted octanol–water partition coefficient (Wildman–Crippen LogP) is 7.55. The van der Waals surface area contributed by atoms with Crippen molar-refractivity contribution in [3.63, 3.8) is 0 Å². The summed E-state index contributed by atoms with van der Waals surface area (Å²) in [6.45, 7) is 11.0. The molecule has 0 spiro atoms. The molecule has 1 heterocycles. The monoisotopic (exact) mass is 545 g/mol. The van der Waals surface area contributed by atoms with E-state index in [1.165, 1.54) is 5.56 Å². The van der Waals surface area contributed by atoms with Crippen molar-refractivity contribution >= 4 is 22.8 Å². The Bertz CT molecular complexity index is 1740. The van der Waals surface area contributed by atoms with Gasteiger partial charge in [-0.05, 0) is 65.3 Å². The zero-order valence-electron chi connectivity index (χ0n) is 24.1. The first-order valence-electron chi connectivity index (χ1n) is 13.8. The molecule has 208 valence electrons. The fraction of sp³-hybridized carbons (Fsp3) is 0.229. The highest BCUT2D eigenvalue weighted by Gasteiger charge is 2.18. The zero-order chi connectivity index (χ0) is 29.3. The molecule has 1 atom stereocenters. The number of carboxylic acids is 1. The van der Waals surface area contributed by atoms with Crippen LogP contribution in [0.4, 0.5) is 0 Å². The summed E-state index contributed by atoms with van der Waals surface area (Å²) in [6.07, 6.45) is 0. The van der Waals surface area contributed by atoms with Crippen LogP contribution in [0.2, 0.25) is 0 Å². The molecule has 2 N–H and O–H groups in total. The van der Waals surface area contributed by atoms with Gasteiger partial charge < -0.3 is 10.4 Å². The fourth-order valence-electron chi connectivity index (χ4n) is 5.12. The number of benzene rings is 4. The lowest BCUT2D eigenvalue weighted by molar-refractivity contribution is 0.0697. The van der Waals surface area contributed by atoms with Crippen LogP contribution < -0.4 is 5.32 Å². The van der Waals surface area contributed by atoms with Crippen LogP contribution >= 0.6 is 0 Å². The van der Waals surface area contributed by atoms with E-state index in [1.807, 2.05) is 85.3 Å². The molecule has 4 aromatic carbocycles. The van der Waals surface area contributed by atoms with Gasteiger partial charge >= 0.3 is 5.97 Å². The third kappa shape index (κ3) is 5.92. The van der Waals surface area contributed by atoms with E-state index < -0.39 is 5.97 Å². The summed E-state index contributed by atoms with van der Waals surface area (Å²) in [5.41, 5.74) is 7.52. The van der Waals surface area contributed by atoms with Crippen molar-refractivity contribution < 1.29 is 14.7 Å². The molecule has 0 saturated carbocycles. The van der Waals surface area contributed by atoms with E-state index in [1.54, 1.807) is 12.1 Å². The van der Waals surface area contributed by atoms with Crippen LogP contribution in [-0.2, 0) is 12.0 Å². The standard InChI is InChI=1S/C35H35N3O3/c1-22(26-9-8-10-28(19-26)35(3,4)5)36-33(39)27-17-18-29-23(2)37-38(32(29)20-27)21-24-13-15-25(16-14-24)30-11-6-7-12-31(30)34(40)41/h6-20,22H,21H2,1-5H3,(H,36,39)(H,40,41)/t22-/m0/s1. The Labute approximate surface area is 240 Å². The zero-order valence-corrected chi connectivity index (χ0v) is 24.1. The Kier molecular flexibility index (Phi) is 7.50. The number of fused-ring (bicyclic) bond motifs is 1. The molecule has 0 bridgehead atoms. The van der Waals surface area contributed by atoms with Gasteiger partial charge in [0.15, 0.2) is 0 Å². The Balaban J connectivity index is 1.37. The number of carbonyl (C=O) groups excluding carboxylic acids is 1. The van der Waals surface area contributed by atoms with Crippen molar-refractivity contribution in [1.82, 2.24) is 15.1 Å². The van der Waals surface area contributed by atoms with Gasteiger partial charge in [-0.15, -0.1) is 0 Å². The Morgan fingerprint density at radius 2 is 1.66 bits per heavy atom. The van der Waals surface area contributed by atoms with Gasteiger partial charge in [0.05, 0.1) is 29.4 Å². The molecule has 0 saturated heterocycles. The van der Waals surface area contributed by atoms with E-state index in [2.05, 4.69) is 38.2 Å². The molecule has 5 aromatic rings. The van der Waals surface area contributed by atoms with Crippen LogP contribution in [0.15, 0.2) is 91.0 Å². The normalized spacial score (nSPS) is 12.3. The Morgan fingerprint density at radius 1 is 0.927 bits per heavy atom. The molecule has 0 aliphatic heterocycles. The summed E-state index contributed by atoms with van der Waals surface area (Å²) in [6, 6.07) is 28.8. The topological polar surface area (TPSA) is 84.2 Å². The molecule has 0 aliphatic rings. The lowest BCUT2D eigenvalue weighted by Gasteiger charge is -2.22. The molecule has 0 fully saturated rings. The maximum absolute atomic E-state index is 13.3. The summed E-state index contributed by atoms with van der Waals surface area (Å²) in [4.78, 5) is 24.9. The van der Waals surface area contributed by atoms with Crippen molar-refractivity contribution in [2.45, 2.75) is 52.6 Å². The van der Waals surface area contributed by atoms with Crippen molar-refractivity contribution in [3.05, 3.63) is 125 Å². The number of rotatable bonds is 7. The number of nitrogens with zero attached hydrogens (tertiary/aromatic N) is 2. The molecule has 6 nitrogen and oxygen atoms in total. The van der Waals surface area contributed by atoms with Gasteiger partial charge in [-0.3, -0.25) is 9.48 Å². The maximum Gasteiger partial charge on any atom is 0.336 e. The molecule has 0 unspecified atom stereocenters. The highest BCUT2D eigenvalue weighted by Crippen LogP contribution is 2.27. The second kappa shape index (κ2) is 11.0. The molecular formula is C35H35N3O3. The Hall–Kier alpha value is -4.71. The minimum Gasteiger partial charge on any atom is -0.478 e. The van der Waals surface area contributed by atoms with Gasteiger partial charge in [0.25, 0.3) is 5.91 Å². The smallest absolute Gasteiger partial charge is 0.336 e. The van der Waals surface area contributed by atoms with Crippen molar-refractivity contribution in [2.75, 3.05) is 0 Å². The quantitative estimate of drug-likeness (QED) is 0.221. The molecule has 1 amide bonds. The largest absolute Gasteiger partial charge is 0.478 e. The first-order valence-corrected chi connectivity index (χ1v) is 13.8. The van der Waals surface area contributed by atoms with Crippen LogP contribution in [0.1, 0.15) is 76.8 Å². The summed E-state index contributed by atoms with van der Waals surface area (Å²) in [5.74, 6) is -1.08. The van der Waals surface area contributed by atoms with Gasteiger partial charge in [-0.2, -0.15) is 5.10 Å². The number of amides is 1. The lowest BCUT2D eigenvalue weighted by Crippen LogP contribution is -2.27. The number of nitrogens with one attached hydrogen (secondary N) is 1. The average Bonchev–Trinajstić information content (AvgIpc) is 3.27. The van der Waals surface area contributed by atoms with Crippen LogP contribution in [-0.4, -0.2) is 26.8 Å². The van der Waals surface area contributed by atoms with E-state index in [-0.39, 0.29) is 22.9 Å². The minimum atomic E-state index is -0.948. The van der Waals surface area contributed by atoms with E-state index in [0.29, 0.717) is 17.7 Å². The molecule has 5 rings (SSSR count). The van der Waals surface area contributed by atoms with Crippen LogP contribution in [0.3, 0.4) is 0 Å². The Morgan fingerprint density at radius 3 is 2.37 bits per heavy atom. The molecule has 0 radical (unpaired) electrons. The lowest BCUT2D eigenvalue weighted by atomic mass is 9.85. The maximum atomic E-state index is 13.3. The van der Waals surface area contributed by atoms with Crippen LogP contribution in [0.25, 0.3) is 22.0 Å². The average molecular weight is 546 g/mol. The first-order chi connectivity index (χ1) is 19.5. The predicted molar refractivity (Wildman–Crippen MR) is 163 cm³/mol. The van der Waals surface area contributed by atoms with Crippen LogP contribution in [0.5, 0.6) is 0 Å². The first kappa shape index (κ1) is 27.8. The van der Waals surface area contributed by atoms with E-state index in [9.17, 15) is 14.7 Å². The van der Waals surface area contributed by atoms with Crippen molar-refractivity contribution in [3.8, 4) is 11.1 Å². The number of hydrogen-bond donors (Lipinski definition) is 2. The number of aryl methyl sites for hydroxylation is 1. The molecule has 41 heavy (non-hydrogen) atoms. The number of aromatic carboxylic acids is 1. The highest BCUT2D eigenvalue weighted by atomic mass is 16.4. The third-order valence-electron chi connectivity index (χ3n) is 7.55. The van der Waals surface area contributed by atoms with Gasteiger partial charge in [-0.1, -0.05) is 93.6 Å². The molecular weight excluding hydrogens is 510 g/mol. The fourth-order valence-corrected chi connectivity index (χ4v) is 5.12. The minimum absolute atomic E-state index is 0.0321. The van der Waals surface area contributed by atoms with E-state index >= 15 is 0 Å². The second-order valence-corrected chi connectivity index (χ2v) is 11.6. The van der Waals surface area contributed by atoms with Gasteiger partial charge in [0.2, 0.25) is 0 Å². The van der Waals surface area contributed by atoms with E-state index in [0.717, 1.165) is 33.3 Å². The van der Waals surface area contributed by atoms with Crippen LogP contribution in [0, 0.1) is 6.92 Å². The molecule has 0 aliphatic carbocycles. The highest BCUT2D eigenvalue weighted by molar-refractivity contribution is 5.98. The SMILES string of the molecule is Cc1nn(Cc2ccc(-c3ccccc3C(=O)O)cc2)c2cc(C(=O)N[C@@H](C)c3cccc(C(C)(C)C)c3)ccc12. The number of carboxylic acid groups (broad SMARTS) is 1. The number of aromatic nitrogens is 2. The van der Waals surface area contributed by atoms with E-state index in [4.69, 9.17) is 5.10 Å². The summed E-state index contributed by atoms with van der Waals surface area (Å²) in [7, 11) is 0. The summed E-state index contributed by atoms with van der Waals surface area (Å²) in [5, 5.41) is 18.5. The second-order valence-electron chi connectivity index (χ2n) is 11.6. The summed E-state index contributed by atoms with van der Waals surface area (Å²) >= 11 is 0.